The maximum Gasteiger partial charge on any atom is 0.271 e. The fourth-order valence-corrected chi connectivity index (χ4v) is 2.21. The van der Waals surface area contributed by atoms with E-state index in [9.17, 15) is 4.79 Å². The van der Waals surface area contributed by atoms with Crippen LogP contribution in [0.3, 0.4) is 0 Å². The number of hydrogen-bond acceptors (Lipinski definition) is 5. The van der Waals surface area contributed by atoms with Crippen molar-refractivity contribution in [3.05, 3.63) is 46.2 Å². The average Bonchev–Trinajstić information content (AvgIpc) is 3.08. The Bertz CT molecular complexity index is 623. The molecule has 0 saturated carbocycles. The highest BCUT2D eigenvalue weighted by Gasteiger charge is 2.15. The van der Waals surface area contributed by atoms with Crippen molar-refractivity contribution < 1.29 is 14.3 Å². The molecule has 1 aromatic carbocycles. The minimum atomic E-state index is -0.286. The van der Waals surface area contributed by atoms with Crippen LogP contribution in [0.4, 0.5) is 0 Å². The lowest BCUT2D eigenvalue weighted by molar-refractivity contribution is 0.0954. The van der Waals surface area contributed by atoms with Crippen molar-refractivity contribution in [1.29, 1.82) is 0 Å². The minimum absolute atomic E-state index is 0.191. The number of ether oxygens (including phenoxy) is 2. The van der Waals surface area contributed by atoms with Gasteiger partial charge in [-0.1, -0.05) is 6.07 Å². The number of nitrogens with one attached hydrogen (secondary N) is 1. The standard InChI is InChI=1S/C13H10N2O3S/c16-13(15-14-7-10-2-1-5-19-10)9-3-4-11-12(6-9)18-8-17-11/h1-7H,8H2,(H,15,16)/b14-7+. The summed E-state index contributed by atoms with van der Waals surface area (Å²) in [6, 6.07) is 8.86. The van der Waals surface area contributed by atoms with E-state index < -0.39 is 0 Å². The van der Waals surface area contributed by atoms with E-state index in [4.69, 9.17) is 9.47 Å². The van der Waals surface area contributed by atoms with E-state index >= 15 is 0 Å². The first-order valence-electron chi connectivity index (χ1n) is 5.59. The maximum absolute atomic E-state index is 11.9. The fourth-order valence-electron chi connectivity index (χ4n) is 1.62. The van der Waals surface area contributed by atoms with Crippen LogP contribution in [-0.2, 0) is 0 Å². The summed E-state index contributed by atoms with van der Waals surface area (Å²) in [5, 5.41) is 5.84. The molecular weight excluding hydrogens is 264 g/mol. The topological polar surface area (TPSA) is 59.9 Å². The van der Waals surface area contributed by atoms with E-state index in [1.54, 1.807) is 35.8 Å². The molecule has 96 valence electrons. The first-order valence-corrected chi connectivity index (χ1v) is 6.47. The quantitative estimate of drug-likeness (QED) is 0.689. The fraction of sp³-hybridized carbons (Fsp3) is 0.0769. The number of carbonyl (C=O) groups is 1. The van der Waals surface area contributed by atoms with Gasteiger partial charge >= 0.3 is 0 Å². The molecular formula is C13H10N2O3S. The molecule has 0 spiro atoms. The van der Waals surface area contributed by atoms with Gasteiger partial charge in [0, 0.05) is 10.4 Å². The van der Waals surface area contributed by atoms with Gasteiger partial charge in [-0.3, -0.25) is 4.79 Å². The number of hydrazone groups is 1. The Morgan fingerprint density at radius 1 is 1.32 bits per heavy atom. The van der Waals surface area contributed by atoms with Gasteiger partial charge in [0.1, 0.15) is 0 Å². The highest BCUT2D eigenvalue weighted by Crippen LogP contribution is 2.32. The van der Waals surface area contributed by atoms with Gasteiger partial charge in [0.25, 0.3) is 5.91 Å². The van der Waals surface area contributed by atoms with E-state index in [1.165, 1.54) is 0 Å². The van der Waals surface area contributed by atoms with Crippen molar-refractivity contribution in [3.8, 4) is 11.5 Å². The number of hydrogen-bond donors (Lipinski definition) is 1. The van der Waals surface area contributed by atoms with Gasteiger partial charge in [-0.2, -0.15) is 5.10 Å². The van der Waals surface area contributed by atoms with Crippen LogP contribution >= 0.6 is 11.3 Å². The summed E-state index contributed by atoms with van der Waals surface area (Å²) < 4.78 is 10.4. The molecule has 0 unspecified atom stereocenters. The van der Waals surface area contributed by atoms with Crippen LogP contribution in [0, 0.1) is 0 Å². The molecule has 19 heavy (non-hydrogen) atoms. The summed E-state index contributed by atoms with van der Waals surface area (Å²) in [7, 11) is 0. The van der Waals surface area contributed by atoms with Crippen molar-refractivity contribution in [1.82, 2.24) is 5.43 Å². The van der Waals surface area contributed by atoms with Gasteiger partial charge in [-0.15, -0.1) is 11.3 Å². The summed E-state index contributed by atoms with van der Waals surface area (Å²) >= 11 is 1.55. The Balaban J connectivity index is 1.67. The molecule has 0 bridgehead atoms. The summed E-state index contributed by atoms with van der Waals surface area (Å²) in [4.78, 5) is 12.8. The number of thiophene rings is 1. The van der Waals surface area contributed by atoms with E-state index in [0.29, 0.717) is 17.1 Å². The number of rotatable bonds is 3. The van der Waals surface area contributed by atoms with Gasteiger partial charge < -0.3 is 9.47 Å². The molecule has 0 atom stereocenters. The van der Waals surface area contributed by atoms with Crippen molar-refractivity contribution in [3.63, 3.8) is 0 Å². The van der Waals surface area contributed by atoms with Crippen molar-refractivity contribution in [2.45, 2.75) is 0 Å². The van der Waals surface area contributed by atoms with Crippen molar-refractivity contribution >= 4 is 23.5 Å². The first kappa shape index (κ1) is 11.7. The zero-order chi connectivity index (χ0) is 13.1. The molecule has 5 nitrogen and oxygen atoms in total. The summed E-state index contributed by atoms with van der Waals surface area (Å²) in [5.41, 5.74) is 2.95. The third-order valence-electron chi connectivity index (χ3n) is 2.54. The molecule has 1 N–H and O–H groups in total. The molecule has 3 rings (SSSR count). The second-order valence-electron chi connectivity index (χ2n) is 3.78. The van der Waals surface area contributed by atoms with E-state index in [2.05, 4.69) is 10.5 Å². The highest BCUT2D eigenvalue weighted by molar-refractivity contribution is 7.11. The van der Waals surface area contributed by atoms with E-state index in [0.717, 1.165) is 4.88 Å². The summed E-state index contributed by atoms with van der Waals surface area (Å²) in [5.74, 6) is 0.944. The normalized spacial score (nSPS) is 12.8. The molecule has 1 amide bonds. The minimum Gasteiger partial charge on any atom is -0.454 e. The van der Waals surface area contributed by atoms with Crippen LogP contribution in [0.1, 0.15) is 15.2 Å². The Morgan fingerprint density at radius 2 is 2.21 bits per heavy atom. The Labute approximate surface area is 113 Å². The zero-order valence-corrected chi connectivity index (χ0v) is 10.6. The van der Waals surface area contributed by atoms with Crippen LogP contribution < -0.4 is 14.9 Å². The molecule has 2 aromatic rings. The molecule has 1 aliphatic rings. The van der Waals surface area contributed by atoms with Gasteiger partial charge in [0.05, 0.1) is 6.21 Å². The monoisotopic (exact) mass is 274 g/mol. The summed E-state index contributed by atoms with van der Waals surface area (Å²) in [6.45, 7) is 0.191. The van der Waals surface area contributed by atoms with Crippen molar-refractivity contribution in [2.75, 3.05) is 6.79 Å². The van der Waals surface area contributed by atoms with Crippen LogP contribution in [0.5, 0.6) is 11.5 Å². The molecule has 1 aliphatic heterocycles. The van der Waals surface area contributed by atoms with E-state index in [-0.39, 0.29) is 12.7 Å². The molecule has 0 radical (unpaired) electrons. The number of fused-ring (bicyclic) bond motifs is 1. The lowest BCUT2D eigenvalue weighted by Crippen LogP contribution is -2.17. The molecule has 1 aromatic heterocycles. The molecule has 6 heteroatoms. The van der Waals surface area contributed by atoms with Gasteiger partial charge in [-0.25, -0.2) is 5.43 Å². The van der Waals surface area contributed by atoms with Gasteiger partial charge in [0.15, 0.2) is 11.5 Å². The zero-order valence-electron chi connectivity index (χ0n) is 9.83. The summed E-state index contributed by atoms with van der Waals surface area (Å²) in [6.07, 6.45) is 1.61. The third kappa shape index (κ3) is 2.58. The second kappa shape index (κ2) is 5.11. The van der Waals surface area contributed by atoms with Crippen LogP contribution in [0.15, 0.2) is 40.8 Å². The molecule has 2 heterocycles. The predicted octanol–water partition coefficient (Wildman–Crippen LogP) is 2.24. The number of benzene rings is 1. The maximum atomic E-state index is 11.9. The van der Waals surface area contributed by atoms with Crippen molar-refractivity contribution in [2.24, 2.45) is 5.10 Å². The van der Waals surface area contributed by atoms with Crippen LogP contribution in [0.25, 0.3) is 0 Å². The predicted molar refractivity (Wildman–Crippen MR) is 71.9 cm³/mol. The SMILES string of the molecule is O=C(N/N=C/c1cccs1)c1ccc2c(c1)OCO2. The molecule has 0 fully saturated rings. The Kier molecular flexibility index (Phi) is 3.16. The number of nitrogens with zero attached hydrogens (tertiary/aromatic N) is 1. The number of amides is 1. The van der Waals surface area contributed by atoms with Gasteiger partial charge in [0.2, 0.25) is 6.79 Å². The lowest BCUT2D eigenvalue weighted by atomic mass is 10.2. The highest BCUT2D eigenvalue weighted by atomic mass is 32.1. The Hall–Kier alpha value is -2.34. The molecule has 0 saturated heterocycles. The third-order valence-corrected chi connectivity index (χ3v) is 3.34. The smallest absolute Gasteiger partial charge is 0.271 e. The average molecular weight is 274 g/mol. The lowest BCUT2D eigenvalue weighted by Gasteiger charge is -2.01. The van der Waals surface area contributed by atoms with E-state index in [1.807, 2.05) is 17.5 Å². The Morgan fingerprint density at radius 3 is 3.05 bits per heavy atom. The second-order valence-corrected chi connectivity index (χ2v) is 4.76. The first-order chi connectivity index (χ1) is 9.33. The van der Waals surface area contributed by atoms with Crippen LogP contribution in [0.2, 0.25) is 0 Å². The molecule has 0 aliphatic carbocycles. The largest absolute Gasteiger partial charge is 0.454 e. The number of carbonyl (C=O) groups excluding carboxylic acids is 1. The van der Waals surface area contributed by atoms with Crippen LogP contribution in [-0.4, -0.2) is 18.9 Å². The van der Waals surface area contributed by atoms with Gasteiger partial charge in [-0.05, 0) is 29.6 Å².